The number of hydrogen-bond donors (Lipinski definition) is 1. The first kappa shape index (κ1) is 22.8. The first-order chi connectivity index (χ1) is 13.5. The minimum absolute atomic E-state index is 0.272. The number of esters is 1. The quantitative estimate of drug-likeness (QED) is 0.747. The third kappa shape index (κ3) is 5.32. The van der Waals surface area contributed by atoms with Gasteiger partial charge in [0.25, 0.3) is 0 Å². The standard InChI is InChI=1S/C21H31NO7/c1-12(2)28-19(24)18(23)17-14-11-16(27-7)15(26-6)10-13(14)8-9-22(17)20(25)29-21(3,4)5/h10-12,17-18,23H,8-9H2,1-7H3/t17-,18?/m1/s1. The molecule has 0 fully saturated rings. The first-order valence-corrected chi connectivity index (χ1v) is 9.61. The molecule has 1 aliphatic heterocycles. The van der Waals surface area contributed by atoms with E-state index in [4.69, 9.17) is 18.9 Å². The zero-order valence-corrected chi connectivity index (χ0v) is 18.1. The Labute approximate surface area is 171 Å². The summed E-state index contributed by atoms with van der Waals surface area (Å²) < 4.78 is 21.4. The number of rotatable bonds is 5. The Morgan fingerprint density at radius 3 is 2.24 bits per heavy atom. The lowest BCUT2D eigenvalue weighted by molar-refractivity contribution is -0.161. The van der Waals surface area contributed by atoms with Crippen molar-refractivity contribution in [3.8, 4) is 11.5 Å². The third-order valence-electron chi connectivity index (χ3n) is 4.44. The fourth-order valence-corrected chi connectivity index (χ4v) is 3.27. The second kappa shape index (κ2) is 8.90. The smallest absolute Gasteiger partial charge is 0.410 e. The molecule has 0 radical (unpaired) electrons. The van der Waals surface area contributed by atoms with Crippen molar-refractivity contribution in [2.24, 2.45) is 0 Å². The van der Waals surface area contributed by atoms with E-state index in [0.29, 0.717) is 23.5 Å². The van der Waals surface area contributed by atoms with E-state index in [1.165, 1.54) is 19.1 Å². The predicted octanol–water partition coefficient (Wildman–Crippen LogP) is 2.85. The first-order valence-electron chi connectivity index (χ1n) is 9.61. The molecule has 2 atom stereocenters. The van der Waals surface area contributed by atoms with Crippen LogP contribution in [0.15, 0.2) is 12.1 Å². The largest absolute Gasteiger partial charge is 0.493 e. The summed E-state index contributed by atoms with van der Waals surface area (Å²) in [7, 11) is 3.03. The van der Waals surface area contributed by atoms with Crippen molar-refractivity contribution in [2.75, 3.05) is 20.8 Å². The molecule has 162 valence electrons. The van der Waals surface area contributed by atoms with E-state index < -0.39 is 35.9 Å². The van der Waals surface area contributed by atoms with Crippen molar-refractivity contribution < 1.29 is 33.6 Å². The highest BCUT2D eigenvalue weighted by molar-refractivity contribution is 5.78. The average Bonchev–Trinajstić information content (AvgIpc) is 2.63. The molecule has 1 unspecified atom stereocenters. The molecule has 2 rings (SSSR count). The summed E-state index contributed by atoms with van der Waals surface area (Å²) in [5.74, 6) is 0.169. The predicted molar refractivity (Wildman–Crippen MR) is 106 cm³/mol. The summed E-state index contributed by atoms with van der Waals surface area (Å²) in [4.78, 5) is 26.7. The summed E-state index contributed by atoms with van der Waals surface area (Å²) in [6, 6.07) is 2.51. The number of methoxy groups -OCH3 is 2. The summed E-state index contributed by atoms with van der Waals surface area (Å²) in [5, 5.41) is 10.8. The van der Waals surface area contributed by atoms with Crippen LogP contribution in [0.4, 0.5) is 4.79 Å². The molecule has 1 aromatic rings. The number of benzene rings is 1. The highest BCUT2D eigenvalue weighted by atomic mass is 16.6. The summed E-state index contributed by atoms with van der Waals surface area (Å²) in [6.45, 7) is 8.94. The molecule has 1 aliphatic rings. The molecule has 1 heterocycles. The number of nitrogens with zero attached hydrogens (tertiary/aromatic N) is 1. The van der Waals surface area contributed by atoms with Crippen LogP contribution in [0, 0.1) is 0 Å². The number of ether oxygens (including phenoxy) is 4. The van der Waals surface area contributed by atoms with Crippen LogP contribution in [0.25, 0.3) is 0 Å². The van der Waals surface area contributed by atoms with E-state index in [9.17, 15) is 14.7 Å². The SMILES string of the molecule is COc1cc2c(cc1OC)[C@H](C(O)C(=O)OC(C)C)N(C(=O)OC(C)(C)C)CC2. The monoisotopic (exact) mass is 409 g/mol. The topological polar surface area (TPSA) is 94.5 Å². The van der Waals surface area contributed by atoms with Crippen LogP contribution in [-0.2, 0) is 20.7 Å². The molecule has 0 aromatic heterocycles. The molecule has 29 heavy (non-hydrogen) atoms. The van der Waals surface area contributed by atoms with Gasteiger partial charge in [-0.05, 0) is 64.3 Å². The molecule has 8 nitrogen and oxygen atoms in total. The number of aliphatic hydroxyl groups excluding tert-OH is 1. The van der Waals surface area contributed by atoms with E-state index >= 15 is 0 Å². The molecule has 1 N–H and O–H groups in total. The van der Waals surface area contributed by atoms with Crippen LogP contribution in [0.5, 0.6) is 11.5 Å². The van der Waals surface area contributed by atoms with Gasteiger partial charge in [0.05, 0.1) is 26.4 Å². The van der Waals surface area contributed by atoms with Crippen molar-refractivity contribution >= 4 is 12.1 Å². The van der Waals surface area contributed by atoms with E-state index in [1.807, 2.05) is 0 Å². The van der Waals surface area contributed by atoms with Crippen LogP contribution < -0.4 is 9.47 Å². The van der Waals surface area contributed by atoms with E-state index in [0.717, 1.165) is 5.56 Å². The third-order valence-corrected chi connectivity index (χ3v) is 4.44. The maximum atomic E-state index is 12.8. The van der Waals surface area contributed by atoms with Gasteiger partial charge in [-0.3, -0.25) is 4.90 Å². The molecule has 0 bridgehead atoms. The van der Waals surface area contributed by atoms with Gasteiger partial charge in [-0.25, -0.2) is 9.59 Å². The molecular formula is C21H31NO7. The molecule has 0 saturated heterocycles. The van der Waals surface area contributed by atoms with Gasteiger partial charge < -0.3 is 24.1 Å². The second-order valence-electron chi connectivity index (χ2n) is 8.21. The van der Waals surface area contributed by atoms with Gasteiger partial charge in [-0.1, -0.05) is 0 Å². The van der Waals surface area contributed by atoms with Crippen LogP contribution in [0.3, 0.4) is 0 Å². The minimum Gasteiger partial charge on any atom is -0.493 e. The number of amides is 1. The fraction of sp³-hybridized carbons (Fsp3) is 0.619. The lowest BCUT2D eigenvalue weighted by Gasteiger charge is -2.39. The van der Waals surface area contributed by atoms with Crippen molar-refractivity contribution in [3.63, 3.8) is 0 Å². The Hall–Kier alpha value is -2.48. The second-order valence-corrected chi connectivity index (χ2v) is 8.21. The highest BCUT2D eigenvalue weighted by Gasteiger charge is 2.42. The molecule has 0 saturated carbocycles. The van der Waals surface area contributed by atoms with Crippen LogP contribution in [-0.4, -0.2) is 60.6 Å². The molecule has 8 heteroatoms. The Morgan fingerprint density at radius 1 is 1.14 bits per heavy atom. The lowest BCUT2D eigenvalue weighted by Crippen LogP contribution is -2.49. The maximum Gasteiger partial charge on any atom is 0.410 e. The Kier molecular flexibility index (Phi) is 7.00. The molecule has 0 aliphatic carbocycles. The van der Waals surface area contributed by atoms with Gasteiger partial charge in [0, 0.05) is 6.54 Å². The zero-order valence-electron chi connectivity index (χ0n) is 18.1. The van der Waals surface area contributed by atoms with E-state index in [1.54, 1.807) is 46.8 Å². The number of hydrogen-bond acceptors (Lipinski definition) is 7. The Morgan fingerprint density at radius 2 is 1.72 bits per heavy atom. The summed E-state index contributed by atoms with van der Waals surface area (Å²) >= 11 is 0. The van der Waals surface area contributed by atoms with E-state index in [2.05, 4.69) is 0 Å². The number of aliphatic hydroxyl groups is 1. The normalized spacial score (nSPS) is 17.4. The van der Waals surface area contributed by atoms with Crippen LogP contribution in [0.1, 0.15) is 51.8 Å². The van der Waals surface area contributed by atoms with Crippen molar-refractivity contribution in [1.29, 1.82) is 0 Å². The average molecular weight is 409 g/mol. The molecular weight excluding hydrogens is 378 g/mol. The van der Waals surface area contributed by atoms with Crippen molar-refractivity contribution in [2.45, 2.75) is 64.9 Å². The van der Waals surface area contributed by atoms with Gasteiger partial charge >= 0.3 is 12.1 Å². The summed E-state index contributed by atoms with van der Waals surface area (Å²) in [6.07, 6.45) is -2.08. The van der Waals surface area contributed by atoms with Crippen molar-refractivity contribution in [1.82, 2.24) is 4.90 Å². The number of carbonyl (C=O) groups excluding carboxylic acids is 2. The van der Waals surface area contributed by atoms with Gasteiger partial charge in [0.15, 0.2) is 17.6 Å². The number of fused-ring (bicyclic) bond motifs is 1. The molecule has 1 amide bonds. The maximum absolute atomic E-state index is 12.8. The van der Waals surface area contributed by atoms with Crippen molar-refractivity contribution in [3.05, 3.63) is 23.3 Å². The van der Waals surface area contributed by atoms with Gasteiger partial charge in [0.2, 0.25) is 0 Å². The lowest BCUT2D eigenvalue weighted by atomic mass is 9.89. The Balaban J connectivity index is 2.52. The van der Waals surface area contributed by atoms with Crippen LogP contribution in [0.2, 0.25) is 0 Å². The van der Waals surface area contributed by atoms with Gasteiger partial charge in [-0.2, -0.15) is 0 Å². The highest BCUT2D eigenvalue weighted by Crippen LogP contribution is 2.40. The Bertz CT molecular complexity index is 754. The zero-order chi connectivity index (χ0) is 21.9. The molecule has 1 aromatic carbocycles. The van der Waals surface area contributed by atoms with Gasteiger partial charge in [0.1, 0.15) is 5.60 Å². The molecule has 0 spiro atoms. The minimum atomic E-state index is -1.58. The number of carbonyl (C=O) groups is 2. The van der Waals surface area contributed by atoms with Gasteiger partial charge in [-0.15, -0.1) is 0 Å². The van der Waals surface area contributed by atoms with E-state index in [-0.39, 0.29) is 6.54 Å². The van der Waals surface area contributed by atoms with Crippen LogP contribution >= 0.6 is 0 Å². The summed E-state index contributed by atoms with van der Waals surface area (Å²) in [5.41, 5.74) is 0.722. The fourth-order valence-electron chi connectivity index (χ4n) is 3.27.